The molecule has 1 fully saturated rings. The van der Waals surface area contributed by atoms with E-state index in [1.54, 1.807) is 0 Å². The van der Waals surface area contributed by atoms with Gasteiger partial charge in [-0.15, -0.1) is 0 Å². The monoisotopic (exact) mass is 142 g/mol. The predicted octanol–water partition coefficient (Wildman–Crippen LogP) is 3.71. The summed E-state index contributed by atoms with van der Waals surface area (Å²) >= 11 is 0. The SMILES string of the molecule is CC.CC1CC(C(C)C)C1. The number of hydrogen-bond acceptors (Lipinski definition) is 0. The van der Waals surface area contributed by atoms with Gasteiger partial charge in [-0.05, 0) is 30.6 Å². The van der Waals surface area contributed by atoms with Crippen molar-refractivity contribution >= 4 is 0 Å². The summed E-state index contributed by atoms with van der Waals surface area (Å²) in [7, 11) is 0. The molecule has 0 heterocycles. The average Bonchev–Trinajstić information content (AvgIpc) is 1.86. The first-order valence-corrected chi connectivity index (χ1v) is 4.70. The maximum absolute atomic E-state index is 2.35. The lowest BCUT2D eigenvalue weighted by Gasteiger charge is -2.35. The van der Waals surface area contributed by atoms with Crippen molar-refractivity contribution in [1.82, 2.24) is 0 Å². The molecular formula is C10H22. The zero-order valence-electron chi connectivity index (χ0n) is 8.15. The van der Waals surface area contributed by atoms with E-state index in [1.807, 2.05) is 13.8 Å². The number of rotatable bonds is 1. The van der Waals surface area contributed by atoms with Crippen LogP contribution < -0.4 is 0 Å². The summed E-state index contributed by atoms with van der Waals surface area (Å²) in [5.74, 6) is 3.03. The summed E-state index contributed by atoms with van der Waals surface area (Å²) in [5, 5.41) is 0. The van der Waals surface area contributed by atoms with Crippen molar-refractivity contribution < 1.29 is 0 Å². The zero-order chi connectivity index (χ0) is 8.15. The molecular weight excluding hydrogens is 120 g/mol. The van der Waals surface area contributed by atoms with E-state index in [9.17, 15) is 0 Å². The Bertz CT molecular complexity index is 68.1. The van der Waals surface area contributed by atoms with Gasteiger partial charge < -0.3 is 0 Å². The fourth-order valence-electron chi connectivity index (χ4n) is 1.51. The molecule has 10 heavy (non-hydrogen) atoms. The zero-order valence-corrected chi connectivity index (χ0v) is 8.15. The lowest BCUT2D eigenvalue weighted by atomic mass is 9.71. The summed E-state index contributed by atoms with van der Waals surface area (Å²) in [6.07, 6.45) is 2.97. The molecule has 0 unspecified atom stereocenters. The Morgan fingerprint density at radius 1 is 1.10 bits per heavy atom. The second-order valence-electron chi connectivity index (χ2n) is 3.58. The van der Waals surface area contributed by atoms with E-state index in [0.717, 1.165) is 17.8 Å². The molecule has 0 aromatic heterocycles. The van der Waals surface area contributed by atoms with E-state index in [4.69, 9.17) is 0 Å². The second kappa shape index (κ2) is 4.76. The quantitative estimate of drug-likeness (QED) is 0.523. The van der Waals surface area contributed by atoms with E-state index >= 15 is 0 Å². The highest BCUT2D eigenvalue weighted by molar-refractivity contribution is 4.77. The molecule has 1 rings (SSSR count). The molecule has 0 aliphatic heterocycles. The molecule has 0 N–H and O–H groups in total. The van der Waals surface area contributed by atoms with Crippen molar-refractivity contribution in [3.8, 4) is 0 Å². The van der Waals surface area contributed by atoms with Crippen LogP contribution in [-0.2, 0) is 0 Å². The van der Waals surface area contributed by atoms with Crippen molar-refractivity contribution in [1.29, 1.82) is 0 Å². The molecule has 1 aliphatic rings. The summed E-state index contributed by atoms with van der Waals surface area (Å²) in [6, 6.07) is 0. The molecule has 0 aromatic carbocycles. The van der Waals surface area contributed by atoms with Gasteiger partial charge in [-0.3, -0.25) is 0 Å². The standard InChI is InChI=1S/C8H16.C2H6/c1-6(2)8-4-7(3)5-8;1-2/h6-8H,4-5H2,1-3H3;1-2H3. The van der Waals surface area contributed by atoms with Crippen molar-refractivity contribution in [2.24, 2.45) is 17.8 Å². The van der Waals surface area contributed by atoms with Crippen molar-refractivity contribution in [3.63, 3.8) is 0 Å². The molecule has 0 radical (unpaired) electrons. The summed E-state index contributed by atoms with van der Waals surface area (Å²) in [6.45, 7) is 11.0. The van der Waals surface area contributed by atoms with Crippen LogP contribution in [0.3, 0.4) is 0 Å². The Morgan fingerprint density at radius 3 is 1.60 bits per heavy atom. The smallest absolute Gasteiger partial charge is 0.0386 e. The Kier molecular flexibility index (Phi) is 4.76. The van der Waals surface area contributed by atoms with Gasteiger partial charge in [0.2, 0.25) is 0 Å². The molecule has 0 aromatic rings. The van der Waals surface area contributed by atoms with Crippen LogP contribution in [0.5, 0.6) is 0 Å². The Morgan fingerprint density at radius 2 is 1.50 bits per heavy atom. The molecule has 0 heteroatoms. The minimum atomic E-state index is 0.936. The van der Waals surface area contributed by atoms with Gasteiger partial charge in [0, 0.05) is 0 Å². The van der Waals surface area contributed by atoms with E-state index in [0.29, 0.717) is 0 Å². The van der Waals surface area contributed by atoms with Crippen molar-refractivity contribution in [2.75, 3.05) is 0 Å². The van der Waals surface area contributed by atoms with E-state index in [-0.39, 0.29) is 0 Å². The fourth-order valence-corrected chi connectivity index (χ4v) is 1.51. The number of hydrogen-bond donors (Lipinski definition) is 0. The van der Waals surface area contributed by atoms with Gasteiger partial charge in [0.15, 0.2) is 0 Å². The van der Waals surface area contributed by atoms with Crippen LogP contribution in [0.1, 0.15) is 47.5 Å². The molecule has 0 amide bonds. The molecule has 0 atom stereocenters. The van der Waals surface area contributed by atoms with Gasteiger partial charge in [-0.2, -0.15) is 0 Å². The first-order valence-electron chi connectivity index (χ1n) is 4.70. The Labute approximate surface area is 66.0 Å². The second-order valence-corrected chi connectivity index (χ2v) is 3.58. The van der Waals surface area contributed by atoms with Crippen LogP contribution in [0.2, 0.25) is 0 Å². The molecule has 0 saturated heterocycles. The van der Waals surface area contributed by atoms with E-state index in [2.05, 4.69) is 20.8 Å². The van der Waals surface area contributed by atoms with Crippen LogP contribution in [0.4, 0.5) is 0 Å². The lowest BCUT2D eigenvalue weighted by molar-refractivity contribution is 0.156. The van der Waals surface area contributed by atoms with Crippen molar-refractivity contribution in [2.45, 2.75) is 47.5 Å². The minimum Gasteiger partial charge on any atom is -0.0683 e. The molecule has 1 aliphatic carbocycles. The van der Waals surface area contributed by atoms with Crippen LogP contribution in [-0.4, -0.2) is 0 Å². The normalized spacial score (nSPS) is 30.6. The van der Waals surface area contributed by atoms with Gasteiger partial charge in [0.1, 0.15) is 0 Å². The summed E-state index contributed by atoms with van der Waals surface area (Å²) < 4.78 is 0. The van der Waals surface area contributed by atoms with Gasteiger partial charge in [0.05, 0.1) is 0 Å². The molecule has 0 bridgehead atoms. The van der Waals surface area contributed by atoms with Crippen LogP contribution in [0.25, 0.3) is 0 Å². The van der Waals surface area contributed by atoms with E-state index < -0.39 is 0 Å². The molecule has 0 spiro atoms. The fraction of sp³-hybridized carbons (Fsp3) is 1.00. The maximum Gasteiger partial charge on any atom is -0.0386 e. The highest BCUT2D eigenvalue weighted by atomic mass is 14.3. The minimum absolute atomic E-state index is 0.936. The predicted molar refractivity (Wildman–Crippen MR) is 48.1 cm³/mol. The Balaban J connectivity index is 0.000000371. The average molecular weight is 142 g/mol. The van der Waals surface area contributed by atoms with E-state index in [1.165, 1.54) is 12.8 Å². The molecule has 1 saturated carbocycles. The molecule has 0 nitrogen and oxygen atoms in total. The van der Waals surface area contributed by atoms with Gasteiger partial charge >= 0.3 is 0 Å². The van der Waals surface area contributed by atoms with Crippen molar-refractivity contribution in [3.05, 3.63) is 0 Å². The van der Waals surface area contributed by atoms with Gasteiger partial charge in [-0.25, -0.2) is 0 Å². The maximum atomic E-state index is 2.35. The van der Waals surface area contributed by atoms with Gasteiger partial charge in [0.25, 0.3) is 0 Å². The van der Waals surface area contributed by atoms with Gasteiger partial charge in [-0.1, -0.05) is 34.6 Å². The highest BCUT2D eigenvalue weighted by Crippen LogP contribution is 2.37. The largest absolute Gasteiger partial charge is 0.0683 e. The van der Waals surface area contributed by atoms with Crippen LogP contribution in [0, 0.1) is 17.8 Å². The lowest BCUT2D eigenvalue weighted by Crippen LogP contribution is -2.25. The first-order chi connectivity index (χ1) is 4.70. The third kappa shape index (κ3) is 2.72. The molecule has 62 valence electrons. The topological polar surface area (TPSA) is 0 Å². The van der Waals surface area contributed by atoms with Crippen LogP contribution >= 0.6 is 0 Å². The summed E-state index contributed by atoms with van der Waals surface area (Å²) in [5.41, 5.74) is 0. The third-order valence-corrected chi connectivity index (χ3v) is 2.35. The van der Waals surface area contributed by atoms with Crippen LogP contribution in [0.15, 0.2) is 0 Å². The Hall–Kier alpha value is 0. The third-order valence-electron chi connectivity index (χ3n) is 2.35. The highest BCUT2D eigenvalue weighted by Gasteiger charge is 2.27. The first kappa shape index (κ1) is 10.0. The summed E-state index contributed by atoms with van der Waals surface area (Å²) in [4.78, 5) is 0.